The van der Waals surface area contributed by atoms with Gasteiger partial charge in [-0.3, -0.25) is 13.9 Å². The Kier molecular flexibility index (Phi) is 9.73. The summed E-state index contributed by atoms with van der Waals surface area (Å²) in [6.07, 6.45) is 1.83. The first-order valence-electron chi connectivity index (χ1n) is 14.5. The number of aliphatic hydroxyl groups excluding tert-OH is 2. The van der Waals surface area contributed by atoms with Gasteiger partial charge in [-0.2, -0.15) is 15.1 Å². The summed E-state index contributed by atoms with van der Waals surface area (Å²) in [5, 5.41) is 24.1. The average Bonchev–Trinajstić information content (AvgIpc) is 3.72. The number of aliphatic hydroxyl groups is 2. The fourth-order valence-corrected chi connectivity index (χ4v) is 7.16. The molecule has 2 aromatic heterocycles. The number of nitrogens with one attached hydrogen (secondary N) is 1. The van der Waals surface area contributed by atoms with Gasteiger partial charge in [0.15, 0.2) is 11.2 Å². The molecule has 2 aliphatic rings. The van der Waals surface area contributed by atoms with Crippen LogP contribution in [0.25, 0.3) is 11.2 Å². The van der Waals surface area contributed by atoms with E-state index < -0.39 is 50.2 Å². The number of anilines is 1. The minimum absolute atomic E-state index is 0.0518. The number of nitrogens with two attached hydrogens (primary N) is 1. The lowest BCUT2D eigenvalue weighted by atomic mass is 9.79. The van der Waals surface area contributed by atoms with E-state index in [-0.39, 0.29) is 36.7 Å². The zero-order valence-electron chi connectivity index (χ0n) is 24.9. The van der Waals surface area contributed by atoms with Gasteiger partial charge in [-0.25, -0.2) is 9.55 Å². The van der Waals surface area contributed by atoms with Crippen molar-refractivity contribution in [1.29, 1.82) is 0 Å². The number of imidazole rings is 1. The van der Waals surface area contributed by atoms with Crippen molar-refractivity contribution < 1.29 is 42.8 Å². The maximum Gasteiger partial charge on any atom is 0.459 e. The number of aromatic nitrogens is 4. The lowest BCUT2D eigenvalue weighted by Crippen LogP contribution is -2.40. The van der Waals surface area contributed by atoms with E-state index in [2.05, 4.69) is 20.0 Å². The Morgan fingerprint density at radius 3 is 2.68 bits per heavy atom. The van der Waals surface area contributed by atoms with Crippen molar-refractivity contribution in [2.45, 2.75) is 76.5 Å². The van der Waals surface area contributed by atoms with Crippen LogP contribution in [0.5, 0.6) is 11.6 Å². The van der Waals surface area contributed by atoms with Gasteiger partial charge in [0.25, 0.3) is 0 Å². The van der Waals surface area contributed by atoms with Crippen LogP contribution in [0.15, 0.2) is 36.7 Å². The molecule has 0 bridgehead atoms. The van der Waals surface area contributed by atoms with Crippen molar-refractivity contribution in [2.75, 3.05) is 26.1 Å². The number of esters is 1. The number of rotatable bonds is 13. The first kappa shape index (κ1) is 32.1. The smallest absolute Gasteiger partial charge is 0.459 e. The molecule has 2 fully saturated rings. The van der Waals surface area contributed by atoms with Gasteiger partial charge in [0.1, 0.15) is 30.2 Å². The Balaban J connectivity index is 1.37. The van der Waals surface area contributed by atoms with E-state index >= 15 is 0 Å². The zero-order valence-corrected chi connectivity index (χ0v) is 25.8. The zero-order chi connectivity index (χ0) is 31.5. The topological polar surface area (TPSA) is 202 Å². The molecule has 6 atom stereocenters. The minimum atomic E-state index is -4.23. The molecule has 240 valence electrons. The average molecular weight is 635 g/mol. The van der Waals surface area contributed by atoms with Crippen LogP contribution in [0.2, 0.25) is 0 Å². The molecule has 1 saturated carbocycles. The van der Waals surface area contributed by atoms with E-state index in [1.54, 1.807) is 41.8 Å². The summed E-state index contributed by atoms with van der Waals surface area (Å²) >= 11 is 0. The molecule has 44 heavy (non-hydrogen) atoms. The van der Waals surface area contributed by atoms with Gasteiger partial charge in [0, 0.05) is 12.0 Å². The molecule has 3 heterocycles. The van der Waals surface area contributed by atoms with E-state index in [9.17, 15) is 19.6 Å². The lowest BCUT2D eigenvalue weighted by molar-refractivity contribution is -0.150. The Labute approximate surface area is 254 Å². The fourth-order valence-electron chi connectivity index (χ4n) is 5.66. The number of nitrogen functional groups attached to an aromatic ring is 1. The molecule has 1 aliphatic carbocycles. The van der Waals surface area contributed by atoms with Crippen LogP contribution in [0.1, 0.15) is 52.2 Å². The molecule has 0 spiro atoms. The molecule has 5 rings (SSSR count). The largest absolute Gasteiger partial charge is 0.479 e. The normalized spacial score (nSPS) is 26.0. The van der Waals surface area contributed by atoms with E-state index in [1.807, 2.05) is 0 Å². The highest BCUT2D eigenvalue weighted by atomic mass is 31.2. The monoisotopic (exact) mass is 634 g/mol. The van der Waals surface area contributed by atoms with Crippen LogP contribution < -0.4 is 20.1 Å². The molecule has 1 saturated heterocycles. The molecule has 15 nitrogen and oxygen atoms in total. The molecule has 1 aliphatic heterocycles. The van der Waals surface area contributed by atoms with Gasteiger partial charge in [-0.15, -0.1) is 0 Å². The second-order valence-corrected chi connectivity index (χ2v) is 13.0. The predicted molar refractivity (Wildman–Crippen MR) is 158 cm³/mol. The van der Waals surface area contributed by atoms with Gasteiger partial charge in [0.05, 0.1) is 26.1 Å². The number of para-hydroxylation sites is 1. The van der Waals surface area contributed by atoms with Crippen molar-refractivity contribution in [3.8, 4) is 11.6 Å². The Morgan fingerprint density at radius 2 is 2.00 bits per heavy atom. The van der Waals surface area contributed by atoms with Gasteiger partial charge >= 0.3 is 13.7 Å². The summed E-state index contributed by atoms with van der Waals surface area (Å²) in [4.78, 5) is 25.5. The van der Waals surface area contributed by atoms with Crippen LogP contribution in [0, 0.1) is 5.41 Å². The van der Waals surface area contributed by atoms with E-state index in [0.29, 0.717) is 11.2 Å². The summed E-state index contributed by atoms with van der Waals surface area (Å²) < 4.78 is 44.4. The molecule has 5 N–H and O–H groups in total. The number of carbonyl (C=O) groups excluding carboxylic acids is 1. The van der Waals surface area contributed by atoms with Crippen LogP contribution in [0.3, 0.4) is 0 Å². The number of nitrogens with zero attached hydrogens (tertiary/aromatic N) is 4. The third-order valence-corrected chi connectivity index (χ3v) is 9.71. The molecular weight excluding hydrogens is 595 g/mol. The summed E-state index contributed by atoms with van der Waals surface area (Å²) in [5.74, 6) is -0.219. The highest BCUT2D eigenvalue weighted by Crippen LogP contribution is 2.51. The van der Waals surface area contributed by atoms with Crippen LogP contribution in [-0.2, 0) is 23.4 Å². The molecule has 16 heteroatoms. The van der Waals surface area contributed by atoms with Crippen molar-refractivity contribution in [3.05, 3.63) is 36.7 Å². The maximum atomic E-state index is 14.1. The van der Waals surface area contributed by atoms with Crippen LogP contribution in [0.4, 0.5) is 5.95 Å². The SMILES string of the molecule is COc1nc(N)nc2c1ncn2C1OC(COP(=O)(NC(C)C(=O)OC2CCCC2)Oc2ccccc2)C(O)C1(C)CCO. The van der Waals surface area contributed by atoms with Crippen molar-refractivity contribution in [1.82, 2.24) is 24.6 Å². The second-order valence-electron chi connectivity index (χ2n) is 11.3. The van der Waals surface area contributed by atoms with Crippen molar-refractivity contribution in [2.24, 2.45) is 5.41 Å². The second kappa shape index (κ2) is 13.3. The molecule has 0 radical (unpaired) electrons. The van der Waals surface area contributed by atoms with Crippen molar-refractivity contribution >= 4 is 30.8 Å². The van der Waals surface area contributed by atoms with Gasteiger partial charge in [-0.05, 0) is 51.2 Å². The Hall–Kier alpha value is -3.33. The van der Waals surface area contributed by atoms with Crippen molar-refractivity contribution in [3.63, 3.8) is 0 Å². The highest BCUT2D eigenvalue weighted by molar-refractivity contribution is 7.52. The summed E-state index contributed by atoms with van der Waals surface area (Å²) in [6, 6.07) is 7.34. The van der Waals surface area contributed by atoms with E-state index in [4.69, 9.17) is 29.0 Å². The maximum absolute atomic E-state index is 14.1. The Morgan fingerprint density at radius 1 is 1.27 bits per heavy atom. The summed E-state index contributed by atoms with van der Waals surface area (Å²) in [5.41, 5.74) is 5.45. The number of hydrogen-bond donors (Lipinski definition) is 4. The van der Waals surface area contributed by atoms with Crippen LogP contribution in [-0.4, -0.2) is 80.4 Å². The lowest BCUT2D eigenvalue weighted by Gasteiger charge is -2.32. The number of fused-ring (bicyclic) bond motifs is 1. The quantitative estimate of drug-likeness (QED) is 0.158. The number of ether oxygens (including phenoxy) is 3. The fraction of sp³-hybridized carbons (Fsp3) is 0.571. The Bertz CT molecular complexity index is 1490. The number of methoxy groups -OCH3 is 1. The number of benzene rings is 1. The van der Waals surface area contributed by atoms with Gasteiger partial charge in [-0.1, -0.05) is 25.1 Å². The van der Waals surface area contributed by atoms with Gasteiger partial charge < -0.3 is 34.7 Å². The molecule has 6 unspecified atom stereocenters. The third-order valence-electron chi connectivity index (χ3n) is 8.07. The summed E-state index contributed by atoms with van der Waals surface area (Å²) in [7, 11) is -2.80. The molecule has 1 aromatic carbocycles. The number of carbonyl (C=O) groups is 1. The molecule has 0 amide bonds. The predicted octanol–water partition coefficient (Wildman–Crippen LogP) is 2.73. The minimum Gasteiger partial charge on any atom is -0.479 e. The van der Waals surface area contributed by atoms with Crippen LogP contribution >= 0.6 is 7.75 Å². The molecular formula is C28H39N6O9P. The first-order valence-corrected chi connectivity index (χ1v) is 16.1. The first-order chi connectivity index (χ1) is 21.1. The number of hydrogen-bond acceptors (Lipinski definition) is 13. The summed E-state index contributed by atoms with van der Waals surface area (Å²) in [6.45, 7) is 2.60. The molecule has 3 aromatic rings. The standard InChI is InChI=1S/C28H39N6O9P/c1-17(25(37)41-18-9-7-8-10-18)33-44(38,43-19-11-5-4-6-12-19)40-15-20-22(36)28(2,13-14-35)26(42-20)34-16-30-21-23(34)31-27(29)32-24(21)39-3/h4-6,11-12,16-18,20,22,26,35-36H,7-10,13-15H2,1-3H3,(H,33,38)(H2,29,31,32). The van der Waals surface area contributed by atoms with E-state index in [0.717, 1.165) is 25.7 Å². The third kappa shape index (κ3) is 6.67. The van der Waals surface area contributed by atoms with Gasteiger partial charge in [0.2, 0.25) is 11.8 Å². The van der Waals surface area contributed by atoms with E-state index in [1.165, 1.54) is 20.4 Å². The highest BCUT2D eigenvalue weighted by Gasteiger charge is 2.54.